The largest absolute Gasteiger partial charge is 0.496 e. The van der Waals surface area contributed by atoms with Crippen LogP contribution in [0.2, 0.25) is 0 Å². The molecular formula is C16H27NO2. The van der Waals surface area contributed by atoms with Crippen LogP contribution >= 0.6 is 0 Å². The van der Waals surface area contributed by atoms with Crippen molar-refractivity contribution in [2.24, 2.45) is 0 Å². The van der Waals surface area contributed by atoms with Crippen molar-refractivity contribution < 1.29 is 9.47 Å². The summed E-state index contributed by atoms with van der Waals surface area (Å²) in [7, 11) is 3.47. The van der Waals surface area contributed by atoms with Gasteiger partial charge in [0.25, 0.3) is 0 Å². The minimum absolute atomic E-state index is 0.380. The third-order valence-electron chi connectivity index (χ3n) is 3.69. The van der Waals surface area contributed by atoms with Gasteiger partial charge in [-0.05, 0) is 38.0 Å². The second-order valence-electron chi connectivity index (χ2n) is 5.22. The van der Waals surface area contributed by atoms with Crippen molar-refractivity contribution in [3.8, 4) is 5.75 Å². The van der Waals surface area contributed by atoms with Crippen LogP contribution < -0.4 is 10.1 Å². The SMILES string of the molecule is COCCNC(C)C(C)c1c(C)cc(C)cc1OC. The lowest BCUT2D eigenvalue weighted by molar-refractivity contribution is 0.195. The molecule has 0 fully saturated rings. The molecule has 0 aromatic heterocycles. The van der Waals surface area contributed by atoms with Crippen LogP contribution in [0.15, 0.2) is 12.1 Å². The standard InChI is InChI=1S/C16H27NO2/c1-11-9-12(2)16(15(10-11)19-6)13(3)14(4)17-7-8-18-5/h9-10,13-14,17H,7-8H2,1-6H3. The molecule has 1 N–H and O–H groups in total. The Hall–Kier alpha value is -1.06. The molecule has 1 aromatic rings. The fourth-order valence-electron chi connectivity index (χ4n) is 2.51. The van der Waals surface area contributed by atoms with E-state index < -0.39 is 0 Å². The first-order valence-corrected chi connectivity index (χ1v) is 6.88. The molecule has 0 heterocycles. The molecule has 1 aromatic carbocycles. The van der Waals surface area contributed by atoms with Crippen molar-refractivity contribution in [3.63, 3.8) is 0 Å². The van der Waals surface area contributed by atoms with Gasteiger partial charge >= 0.3 is 0 Å². The minimum Gasteiger partial charge on any atom is -0.496 e. The number of rotatable bonds is 7. The van der Waals surface area contributed by atoms with Crippen molar-refractivity contribution in [2.75, 3.05) is 27.4 Å². The lowest BCUT2D eigenvalue weighted by Crippen LogP contribution is -2.33. The number of aryl methyl sites for hydroxylation is 2. The fraction of sp³-hybridized carbons (Fsp3) is 0.625. The van der Waals surface area contributed by atoms with Crippen LogP contribution in [0.5, 0.6) is 5.75 Å². The predicted molar refractivity (Wildman–Crippen MR) is 80.2 cm³/mol. The topological polar surface area (TPSA) is 30.5 Å². The zero-order chi connectivity index (χ0) is 14.4. The molecule has 108 valence electrons. The monoisotopic (exact) mass is 265 g/mol. The van der Waals surface area contributed by atoms with E-state index in [0.29, 0.717) is 12.0 Å². The van der Waals surface area contributed by atoms with Crippen molar-refractivity contribution in [1.82, 2.24) is 5.32 Å². The number of hydrogen-bond donors (Lipinski definition) is 1. The Labute approximate surface area is 117 Å². The molecular weight excluding hydrogens is 238 g/mol. The Bertz CT molecular complexity index is 404. The Morgan fingerprint density at radius 3 is 2.42 bits per heavy atom. The predicted octanol–water partition coefficient (Wildman–Crippen LogP) is 3.04. The summed E-state index contributed by atoms with van der Waals surface area (Å²) in [6.07, 6.45) is 0. The Morgan fingerprint density at radius 2 is 1.84 bits per heavy atom. The first kappa shape index (κ1) is 16.0. The molecule has 0 spiro atoms. The van der Waals surface area contributed by atoms with Crippen LogP contribution in [0.4, 0.5) is 0 Å². The van der Waals surface area contributed by atoms with Crippen molar-refractivity contribution >= 4 is 0 Å². The molecule has 1 rings (SSSR count). The third-order valence-corrected chi connectivity index (χ3v) is 3.69. The molecule has 3 heteroatoms. The van der Waals surface area contributed by atoms with Gasteiger partial charge in [0.1, 0.15) is 5.75 Å². The average molecular weight is 265 g/mol. The number of methoxy groups -OCH3 is 2. The summed E-state index contributed by atoms with van der Waals surface area (Å²) in [5, 5.41) is 3.49. The summed E-state index contributed by atoms with van der Waals surface area (Å²) < 4.78 is 10.6. The maximum atomic E-state index is 5.55. The Morgan fingerprint density at radius 1 is 1.16 bits per heavy atom. The highest BCUT2D eigenvalue weighted by Gasteiger charge is 2.20. The highest BCUT2D eigenvalue weighted by Crippen LogP contribution is 2.32. The Kier molecular flexibility index (Phi) is 6.32. The van der Waals surface area contributed by atoms with E-state index in [1.807, 2.05) is 0 Å². The van der Waals surface area contributed by atoms with Gasteiger partial charge in [-0.15, -0.1) is 0 Å². The number of hydrogen-bond acceptors (Lipinski definition) is 3. The average Bonchev–Trinajstić information content (AvgIpc) is 2.37. The quantitative estimate of drug-likeness (QED) is 0.769. The van der Waals surface area contributed by atoms with Crippen LogP contribution in [-0.4, -0.2) is 33.4 Å². The Balaban J connectivity index is 2.88. The number of nitrogens with one attached hydrogen (secondary N) is 1. The number of ether oxygens (including phenoxy) is 2. The van der Waals surface area contributed by atoms with Gasteiger partial charge in [0.05, 0.1) is 13.7 Å². The molecule has 0 saturated heterocycles. The molecule has 2 atom stereocenters. The maximum absolute atomic E-state index is 5.55. The van der Waals surface area contributed by atoms with Gasteiger partial charge in [-0.3, -0.25) is 0 Å². The summed E-state index contributed by atoms with van der Waals surface area (Å²) in [6, 6.07) is 4.71. The van der Waals surface area contributed by atoms with Crippen molar-refractivity contribution in [3.05, 3.63) is 28.8 Å². The zero-order valence-electron chi connectivity index (χ0n) is 13.0. The summed E-state index contributed by atoms with van der Waals surface area (Å²) in [6.45, 7) is 10.3. The van der Waals surface area contributed by atoms with Gasteiger partial charge in [-0.1, -0.05) is 13.0 Å². The second-order valence-corrected chi connectivity index (χ2v) is 5.22. The van der Waals surface area contributed by atoms with Crippen LogP contribution in [0, 0.1) is 13.8 Å². The van der Waals surface area contributed by atoms with Gasteiger partial charge in [0, 0.05) is 31.2 Å². The minimum atomic E-state index is 0.380. The molecule has 0 aliphatic rings. The summed E-state index contributed by atoms with van der Waals surface area (Å²) in [4.78, 5) is 0. The first-order chi connectivity index (χ1) is 9.01. The van der Waals surface area contributed by atoms with Crippen LogP contribution in [0.25, 0.3) is 0 Å². The molecule has 0 amide bonds. The fourth-order valence-corrected chi connectivity index (χ4v) is 2.51. The molecule has 2 unspecified atom stereocenters. The van der Waals surface area contributed by atoms with Crippen molar-refractivity contribution in [2.45, 2.75) is 39.7 Å². The summed E-state index contributed by atoms with van der Waals surface area (Å²) in [5.74, 6) is 1.39. The molecule has 0 aliphatic carbocycles. The van der Waals surface area contributed by atoms with Crippen LogP contribution in [-0.2, 0) is 4.74 Å². The van der Waals surface area contributed by atoms with E-state index in [9.17, 15) is 0 Å². The van der Waals surface area contributed by atoms with E-state index in [1.165, 1.54) is 16.7 Å². The second kappa shape index (κ2) is 7.51. The summed E-state index contributed by atoms with van der Waals surface area (Å²) >= 11 is 0. The van der Waals surface area contributed by atoms with Gasteiger partial charge < -0.3 is 14.8 Å². The zero-order valence-corrected chi connectivity index (χ0v) is 13.0. The maximum Gasteiger partial charge on any atom is 0.122 e. The highest BCUT2D eigenvalue weighted by atomic mass is 16.5. The van der Waals surface area contributed by atoms with E-state index in [1.54, 1.807) is 14.2 Å². The molecule has 0 radical (unpaired) electrons. The molecule has 0 aliphatic heterocycles. The highest BCUT2D eigenvalue weighted by molar-refractivity contribution is 5.45. The first-order valence-electron chi connectivity index (χ1n) is 6.88. The van der Waals surface area contributed by atoms with E-state index in [-0.39, 0.29) is 0 Å². The van der Waals surface area contributed by atoms with E-state index in [0.717, 1.165) is 18.9 Å². The normalized spacial score (nSPS) is 14.2. The van der Waals surface area contributed by atoms with E-state index in [2.05, 4.69) is 45.1 Å². The van der Waals surface area contributed by atoms with Gasteiger partial charge in [0.15, 0.2) is 0 Å². The lowest BCUT2D eigenvalue weighted by atomic mass is 9.89. The molecule has 19 heavy (non-hydrogen) atoms. The lowest BCUT2D eigenvalue weighted by Gasteiger charge is -2.25. The van der Waals surface area contributed by atoms with Crippen LogP contribution in [0.1, 0.15) is 36.5 Å². The van der Waals surface area contributed by atoms with Gasteiger partial charge in [0.2, 0.25) is 0 Å². The molecule has 3 nitrogen and oxygen atoms in total. The van der Waals surface area contributed by atoms with Gasteiger partial charge in [-0.25, -0.2) is 0 Å². The smallest absolute Gasteiger partial charge is 0.122 e. The van der Waals surface area contributed by atoms with Crippen LogP contribution in [0.3, 0.4) is 0 Å². The third kappa shape index (κ3) is 4.22. The molecule has 0 bridgehead atoms. The molecule has 0 saturated carbocycles. The number of benzene rings is 1. The van der Waals surface area contributed by atoms with Gasteiger partial charge in [-0.2, -0.15) is 0 Å². The van der Waals surface area contributed by atoms with Crippen molar-refractivity contribution in [1.29, 1.82) is 0 Å². The van der Waals surface area contributed by atoms with E-state index >= 15 is 0 Å². The summed E-state index contributed by atoms with van der Waals surface area (Å²) in [5.41, 5.74) is 3.83. The van der Waals surface area contributed by atoms with E-state index in [4.69, 9.17) is 9.47 Å².